The Morgan fingerprint density at radius 1 is 1.23 bits per heavy atom. The van der Waals surface area contributed by atoms with Crippen molar-refractivity contribution in [3.8, 4) is 6.07 Å². The molecule has 6 heteroatoms. The van der Waals surface area contributed by atoms with Crippen molar-refractivity contribution in [1.82, 2.24) is 5.32 Å². The van der Waals surface area contributed by atoms with Crippen LogP contribution in [0.1, 0.15) is 40.0 Å². The Morgan fingerprint density at radius 3 is 2.23 bits per heavy atom. The zero-order valence-electron chi connectivity index (χ0n) is 16.0. The number of carbonyl (C=O) groups excluding carboxylic acids is 1. The van der Waals surface area contributed by atoms with Crippen LogP contribution in [-0.2, 0) is 9.53 Å². The third-order valence-electron chi connectivity index (χ3n) is 4.56. The van der Waals surface area contributed by atoms with Crippen molar-refractivity contribution in [2.24, 2.45) is 0 Å². The van der Waals surface area contributed by atoms with Crippen LogP contribution in [0.4, 0.5) is 11.4 Å². The minimum absolute atomic E-state index is 0.309. The fourth-order valence-corrected chi connectivity index (χ4v) is 2.89. The van der Waals surface area contributed by atoms with Gasteiger partial charge in [0.2, 0.25) is 0 Å². The average molecular weight is 358 g/mol. The van der Waals surface area contributed by atoms with Gasteiger partial charge in [0.25, 0.3) is 6.47 Å². The van der Waals surface area contributed by atoms with Gasteiger partial charge in [-0.2, -0.15) is 5.26 Å². The van der Waals surface area contributed by atoms with Gasteiger partial charge < -0.3 is 20.3 Å². The molecule has 1 aromatic carbocycles. The van der Waals surface area contributed by atoms with E-state index in [0.29, 0.717) is 6.47 Å². The average Bonchev–Trinajstić information content (AvgIpc) is 2.59. The lowest BCUT2D eigenvalue weighted by molar-refractivity contribution is -0.138. The number of hydrogen-bond donors (Lipinski definition) is 2. The second-order valence-corrected chi connectivity index (χ2v) is 7.78. The van der Waals surface area contributed by atoms with E-state index in [-0.39, 0.29) is 11.1 Å². The molecule has 0 atom stereocenters. The number of piperazine rings is 1. The van der Waals surface area contributed by atoms with Crippen molar-refractivity contribution in [2.75, 3.05) is 36.4 Å². The Morgan fingerprint density at radius 2 is 1.85 bits per heavy atom. The fourth-order valence-electron chi connectivity index (χ4n) is 2.89. The first-order valence-electron chi connectivity index (χ1n) is 9.24. The minimum Gasteiger partial charge on any atom is -0.462 e. The third-order valence-corrected chi connectivity index (χ3v) is 4.56. The second kappa shape index (κ2) is 8.91. The number of nitriles is 1. The molecule has 1 heterocycles. The number of hydrogen-bond acceptors (Lipinski definition) is 6. The SMILES string of the molecule is CC(C)(C)OC=O.N#CC1(Nc2ccc(N3CCNCC3)cc2)CCC1. The predicted molar refractivity (Wildman–Crippen MR) is 104 cm³/mol. The van der Waals surface area contributed by atoms with Gasteiger partial charge in [-0.05, 0) is 64.3 Å². The molecular weight excluding hydrogens is 328 g/mol. The number of benzene rings is 1. The van der Waals surface area contributed by atoms with Crippen LogP contribution in [0.2, 0.25) is 0 Å². The molecule has 1 saturated carbocycles. The molecule has 1 saturated heterocycles. The Balaban J connectivity index is 0.000000298. The summed E-state index contributed by atoms with van der Waals surface area (Å²) in [7, 11) is 0. The topological polar surface area (TPSA) is 77.4 Å². The maximum atomic E-state index is 9.60. The molecule has 3 rings (SSSR count). The molecule has 2 fully saturated rings. The zero-order chi connectivity index (χ0) is 19.0. The molecule has 0 amide bonds. The molecule has 2 aliphatic rings. The molecule has 2 N–H and O–H groups in total. The first kappa shape index (κ1) is 20.1. The van der Waals surface area contributed by atoms with Gasteiger partial charge in [0, 0.05) is 37.6 Å². The molecule has 0 spiro atoms. The van der Waals surface area contributed by atoms with Crippen LogP contribution >= 0.6 is 0 Å². The number of nitrogens with one attached hydrogen (secondary N) is 2. The highest BCUT2D eigenvalue weighted by molar-refractivity contribution is 5.57. The third kappa shape index (κ3) is 5.92. The van der Waals surface area contributed by atoms with Crippen molar-refractivity contribution in [3.63, 3.8) is 0 Å². The van der Waals surface area contributed by atoms with Crippen molar-refractivity contribution in [3.05, 3.63) is 24.3 Å². The summed E-state index contributed by atoms with van der Waals surface area (Å²) in [5.74, 6) is 0. The molecule has 1 aliphatic heterocycles. The quantitative estimate of drug-likeness (QED) is 0.806. The van der Waals surface area contributed by atoms with Crippen LogP contribution in [0.5, 0.6) is 0 Å². The molecule has 0 unspecified atom stereocenters. The van der Waals surface area contributed by atoms with E-state index in [1.54, 1.807) is 0 Å². The van der Waals surface area contributed by atoms with Crippen LogP contribution in [0.25, 0.3) is 0 Å². The maximum Gasteiger partial charge on any atom is 0.293 e. The fraction of sp³-hybridized carbons (Fsp3) is 0.600. The zero-order valence-corrected chi connectivity index (χ0v) is 16.0. The molecular formula is C20H30N4O2. The lowest BCUT2D eigenvalue weighted by atomic mass is 9.78. The number of rotatable bonds is 4. The Hall–Kier alpha value is -2.26. The summed E-state index contributed by atoms with van der Waals surface area (Å²) in [4.78, 5) is 12.0. The number of carbonyl (C=O) groups is 1. The van der Waals surface area contributed by atoms with E-state index in [1.165, 1.54) is 5.69 Å². The van der Waals surface area contributed by atoms with Gasteiger partial charge in [0.1, 0.15) is 11.1 Å². The summed E-state index contributed by atoms with van der Waals surface area (Å²) in [6, 6.07) is 10.9. The van der Waals surface area contributed by atoms with Crippen LogP contribution in [-0.4, -0.2) is 43.8 Å². The van der Waals surface area contributed by atoms with E-state index in [0.717, 1.165) is 51.1 Å². The summed E-state index contributed by atoms with van der Waals surface area (Å²) in [6.07, 6.45) is 3.07. The summed E-state index contributed by atoms with van der Waals surface area (Å²) in [5, 5.41) is 16.0. The van der Waals surface area contributed by atoms with E-state index >= 15 is 0 Å². The van der Waals surface area contributed by atoms with E-state index < -0.39 is 0 Å². The molecule has 0 aromatic heterocycles. The monoisotopic (exact) mass is 358 g/mol. The second-order valence-electron chi connectivity index (χ2n) is 7.78. The standard InChI is InChI=1S/C15H20N4.C5H10O2/c16-12-15(6-1-7-15)18-13-2-4-14(5-3-13)19-10-8-17-9-11-19;1-5(2,3)7-4-6/h2-5,17-18H,1,6-11H2;4H,1-3H3. The van der Waals surface area contributed by atoms with Crippen molar-refractivity contribution in [1.29, 1.82) is 5.26 Å². The van der Waals surface area contributed by atoms with Gasteiger partial charge in [-0.3, -0.25) is 4.79 Å². The van der Waals surface area contributed by atoms with Crippen LogP contribution in [0, 0.1) is 11.3 Å². The van der Waals surface area contributed by atoms with E-state index in [4.69, 9.17) is 0 Å². The number of ether oxygens (including phenoxy) is 1. The van der Waals surface area contributed by atoms with Crippen molar-refractivity contribution < 1.29 is 9.53 Å². The highest BCUT2D eigenvalue weighted by Gasteiger charge is 2.36. The van der Waals surface area contributed by atoms with Crippen molar-refractivity contribution >= 4 is 17.8 Å². The van der Waals surface area contributed by atoms with Crippen molar-refractivity contribution in [2.45, 2.75) is 51.2 Å². The summed E-state index contributed by atoms with van der Waals surface area (Å²) in [5.41, 5.74) is 1.70. The summed E-state index contributed by atoms with van der Waals surface area (Å²) >= 11 is 0. The van der Waals surface area contributed by atoms with E-state index in [9.17, 15) is 10.1 Å². The number of nitrogens with zero attached hydrogens (tertiary/aromatic N) is 2. The van der Waals surface area contributed by atoms with Crippen LogP contribution in [0.15, 0.2) is 24.3 Å². The van der Waals surface area contributed by atoms with Crippen LogP contribution in [0.3, 0.4) is 0 Å². The predicted octanol–water partition coefficient (Wildman–Crippen LogP) is 2.91. The van der Waals surface area contributed by atoms with E-state index in [2.05, 4.69) is 50.6 Å². The minimum atomic E-state index is -0.318. The van der Waals surface area contributed by atoms with E-state index in [1.807, 2.05) is 20.8 Å². The normalized spacial score (nSPS) is 18.5. The molecule has 0 bridgehead atoms. The van der Waals surface area contributed by atoms with Gasteiger partial charge in [0.15, 0.2) is 0 Å². The molecule has 0 radical (unpaired) electrons. The lowest BCUT2D eigenvalue weighted by Gasteiger charge is -2.37. The number of anilines is 2. The highest BCUT2D eigenvalue weighted by Crippen LogP contribution is 2.35. The Kier molecular flexibility index (Phi) is 6.87. The molecule has 26 heavy (non-hydrogen) atoms. The summed E-state index contributed by atoms with van der Waals surface area (Å²) < 4.78 is 4.55. The Labute approximate surface area is 156 Å². The Bertz CT molecular complexity index is 606. The summed E-state index contributed by atoms with van der Waals surface area (Å²) in [6.45, 7) is 10.2. The van der Waals surface area contributed by atoms with Gasteiger partial charge in [-0.15, -0.1) is 0 Å². The van der Waals surface area contributed by atoms with Gasteiger partial charge in [0.05, 0.1) is 6.07 Å². The van der Waals surface area contributed by atoms with Gasteiger partial charge in [-0.25, -0.2) is 0 Å². The van der Waals surface area contributed by atoms with Crippen LogP contribution < -0.4 is 15.5 Å². The first-order chi connectivity index (χ1) is 12.4. The smallest absolute Gasteiger partial charge is 0.293 e. The largest absolute Gasteiger partial charge is 0.462 e. The maximum absolute atomic E-state index is 9.60. The van der Waals surface area contributed by atoms with Gasteiger partial charge in [-0.1, -0.05) is 0 Å². The molecule has 1 aliphatic carbocycles. The molecule has 1 aromatic rings. The molecule has 142 valence electrons. The first-order valence-corrected chi connectivity index (χ1v) is 9.24. The lowest BCUT2D eigenvalue weighted by Crippen LogP contribution is -2.44. The molecule has 6 nitrogen and oxygen atoms in total. The van der Waals surface area contributed by atoms with Gasteiger partial charge >= 0.3 is 0 Å². The highest BCUT2D eigenvalue weighted by atomic mass is 16.5.